The largest absolute Gasteiger partial charge is 0.353 e. The van der Waals surface area contributed by atoms with Gasteiger partial charge >= 0.3 is 0 Å². The molecule has 1 fully saturated rings. The Labute approximate surface area is 196 Å². The first-order chi connectivity index (χ1) is 15.9. The van der Waals surface area contributed by atoms with Gasteiger partial charge in [0, 0.05) is 37.7 Å². The molecule has 2 amide bonds. The van der Waals surface area contributed by atoms with Gasteiger partial charge in [-0.15, -0.1) is 0 Å². The number of nitrogens with one attached hydrogen (secondary N) is 2. The Morgan fingerprint density at radius 2 is 1.94 bits per heavy atom. The molecule has 0 atom stereocenters. The molecule has 3 aromatic rings. The quantitative estimate of drug-likeness (QED) is 0.539. The topological polar surface area (TPSA) is 83.0 Å². The van der Waals surface area contributed by atoms with Crippen LogP contribution in [0, 0.1) is 17.5 Å². The van der Waals surface area contributed by atoms with E-state index < -0.39 is 5.82 Å². The molecule has 0 unspecified atom stereocenters. The number of aromatic amines is 1. The summed E-state index contributed by atoms with van der Waals surface area (Å²) >= 11 is 5.35. The standard InChI is InChI=1S/C24H26FN5O2S/c1-16-5-4-6-17(15-16)22-27-28-24(33)30(22)14-11-21(31)26-18-9-12-29(13-10-18)23(32)19-7-2-3-8-20(19)25/h2-8,15,18H,9-14H2,1H3,(H,26,31)(H,28,33). The fourth-order valence-electron chi connectivity index (χ4n) is 4.07. The first-order valence-corrected chi connectivity index (χ1v) is 11.4. The minimum Gasteiger partial charge on any atom is -0.353 e. The minimum atomic E-state index is -0.513. The van der Waals surface area contributed by atoms with Gasteiger partial charge in [0.1, 0.15) is 5.82 Å². The highest BCUT2D eigenvalue weighted by molar-refractivity contribution is 7.71. The highest BCUT2D eigenvalue weighted by Crippen LogP contribution is 2.19. The molecule has 1 saturated heterocycles. The highest BCUT2D eigenvalue weighted by Gasteiger charge is 2.26. The molecule has 0 radical (unpaired) electrons. The molecule has 0 aliphatic carbocycles. The van der Waals surface area contributed by atoms with Gasteiger partial charge in [-0.1, -0.05) is 35.9 Å². The van der Waals surface area contributed by atoms with Crippen LogP contribution in [0.25, 0.3) is 11.4 Å². The number of hydrogen-bond donors (Lipinski definition) is 2. The molecule has 0 bridgehead atoms. The fourth-order valence-corrected chi connectivity index (χ4v) is 4.30. The van der Waals surface area contributed by atoms with Crippen LogP contribution in [0.2, 0.25) is 0 Å². The number of H-pyrrole nitrogens is 1. The van der Waals surface area contributed by atoms with Crippen molar-refractivity contribution < 1.29 is 14.0 Å². The van der Waals surface area contributed by atoms with E-state index in [-0.39, 0.29) is 29.8 Å². The third-order valence-electron chi connectivity index (χ3n) is 5.85. The van der Waals surface area contributed by atoms with Crippen LogP contribution in [0.4, 0.5) is 4.39 Å². The molecular weight excluding hydrogens is 441 g/mol. The number of halogens is 1. The average molecular weight is 468 g/mol. The molecule has 2 aromatic carbocycles. The molecular formula is C24H26FN5O2S. The second-order valence-corrected chi connectivity index (χ2v) is 8.62. The van der Waals surface area contributed by atoms with Gasteiger partial charge in [-0.2, -0.15) is 5.10 Å². The van der Waals surface area contributed by atoms with Gasteiger partial charge in [0.25, 0.3) is 5.91 Å². The molecule has 2 N–H and O–H groups in total. The Morgan fingerprint density at radius 3 is 2.67 bits per heavy atom. The number of aromatic nitrogens is 3. The van der Waals surface area contributed by atoms with Crippen molar-refractivity contribution in [2.45, 2.75) is 38.8 Å². The van der Waals surface area contributed by atoms with Crippen LogP contribution in [0.5, 0.6) is 0 Å². The summed E-state index contributed by atoms with van der Waals surface area (Å²) < 4.78 is 16.2. The van der Waals surface area contributed by atoms with E-state index in [9.17, 15) is 14.0 Å². The molecule has 0 saturated carbocycles. The summed E-state index contributed by atoms with van der Waals surface area (Å²) in [5.41, 5.74) is 2.14. The molecule has 1 aromatic heterocycles. The number of carbonyl (C=O) groups excluding carboxylic acids is 2. The summed E-state index contributed by atoms with van der Waals surface area (Å²) in [6, 6.07) is 13.9. The molecule has 172 valence electrons. The molecule has 7 nitrogen and oxygen atoms in total. The molecule has 1 aliphatic rings. The number of amides is 2. The van der Waals surface area contributed by atoms with Crippen molar-refractivity contribution in [1.29, 1.82) is 0 Å². The monoisotopic (exact) mass is 467 g/mol. The summed E-state index contributed by atoms with van der Waals surface area (Å²) in [4.78, 5) is 26.8. The van der Waals surface area contributed by atoms with E-state index in [1.165, 1.54) is 12.1 Å². The summed E-state index contributed by atoms with van der Waals surface area (Å²) in [6.45, 7) is 3.37. The first kappa shape index (κ1) is 22.8. The van der Waals surface area contributed by atoms with Gasteiger partial charge < -0.3 is 10.2 Å². The Kier molecular flexibility index (Phi) is 6.98. The van der Waals surface area contributed by atoms with E-state index in [1.54, 1.807) is 17.0 Å². The SMILES string of the molecule is Cc1cccc(-c2n[nH]c(=S)n2CCC(=O)NC2CCN(C(=O)c3ccccc3F)CC2)c1. The molecule has 33 heavy (non-hydrogen) atoms. The Bertz CT molecular complexity index is 1210. The van der Waals surface area contributed by atoms with Crippen molar-refractivity contribution in [3.8, 4) is 11.4 Å². The fraction of sp³-hybridized carbons (Fsp3) is 0.333. The zero-order valence-electron chi connectivity index (χ0n) is 18.4. The lowest BCUT2D eigenvalue weighted by Gasteiger charge is -2.32. The zero-order chi connectivity index (χ0) is 23.4. The number of piperidine rings is 1. The van der Waals surface area contributed by atoms with E-state index in [0.29, 0.717) is 43.1 Å². The third-order valence-corrected chi connectivity index (χ3v) is 6.16. The summed E-state index contributed by atoms with van der Waals surface area (Å²) in [7, 11) is 0. The van der Waals surface area contributed by atoms with Crippen molar-refractivity contribution >= 4 is 24.0 Å². The van der Waals surface area contributed by atoms with Gasteiger partial charge in [-0.05, 0) is 50.2 Å². The van der Waals surface area contributed by atoms with Gasteiger partial charge in [0.05, 0.1) is 5.56 Å². The zero-order valence-corrected chi connectivity index (χ0v) is 19.2. The Hall–Kier alpha value is -3.33. The van der Waals surface area contributed by atoms with Crippen LogP contribution in [-0.2, 0) is 11.3 Å². The van der Waals surface area contributed by atoms with Crippen LogP contribution in [0.15, 0.2) is 48.5 Å². The Morgan fingerprint density at radius 1 is 1.18 bits per heavy atom. The summed E-state index contributed by atoms with van der Waals surface area (Å²) in [6.07, 6.45) is 1.53. The van der Waals surface area contributed by atoms with Gasteiger partial charge in [0.15, 0.2) is 10.6 Å². The second-order valence-electron chi connectivity index (χ2n) is 8.24. The number of likely N-dealkylation sites (tertiary alicyclic amines) is 1. The van der Waals surface area contributed by atoms with Crippen molar-refractivity contribution in [2.75, 3.05) is 13.1 Å². The minimum absolute atomic E-state index is 0.0178. The normalized spacial score (nSPS) is 14.3. The lowest BCUT2D eigenvalue weighted by molar-refractivity contribution is -0.122. The van der Waals surface area contributed by atoms with E-state index in [2.05, 4.69) is 15.5 Å². The summed E-state index contributed by atoms with van der Waals surface area (Å²) in [5, 5.41) is 10.2. The number of aryl methyl sites for hydroxylation is 1. The van der Waals surface area contributed by atoms with Crippen LogP contribution < -0.4 is 5.32 Å². The van der Waals surface area contributed by atoms with Crippen molar-refractivity contribution in [2.24, 2.45) is 0 Å². The molecule has 0 spiro atoms. The maximum Gasteiger partial charge on any atom is 0.256 e. The molecule has 2 heterocycles. The van der Waals surface area contributed by atoms with Gasteiger partial charge in [-0.25, -0.2) is 4.39 Å². The smallest absolute Gasteiger partial charge is 0.256 e. The van der Waals surface area contributed by atoms with Crippen molar-refractivity contribution in [3.63, 3.8) is 0 Å². The molecule has 9 heteroatoms. The van der Waals surface area contributed by atoms with Gasteiger partial charge in [0.2, 0.25) is 5.91 Å². The lowest BCUT2D eigenvalue weighted by atomic mass is 10.0. The summed E-state index contributed by atoms with van der Waals surface area (Å²) in [5.74, 6) is -0.194. The van der Waals surface area contributed by atoms with Crippen molar-refractivity contribution in [1.82, 2.24) is 25.0 Å². The highest BCUT2D eigenvalue weighted by atomic mass is 32.1. The number of carbonyl (C=O) groups is 2. The van der Waals surface area contributed by atoms with Gasteiger partial charge in [-0.3, -0.25) is 19.3 Å². The maximum absolute atomic E-state index is 13.9. The maximum atomic E-state index is 13.9. The van der Waals surface area contributed by atoms with Crippen LogP contribution in [0.3, 0.4) is 0 Å². The van der Waals surface area contributed by atoms with E-state index >= 15 is 0 Å². The lowest BCUT2D eigenvalue weighted by Crippen LogP contribution is -2.46. The average Bonchev–Trinajstić information content (AvgIpc) is 3.18. The third kappa shape index (κ3) is 5.36. The van der Waals surface area contributed by atoms with Crippen LogP contribution in [-0.4, -0.2) is 50.6 Å². The number of benzene rings is 2. The second kappa shape index (κ2) is 10.1. The number of nitrogens with zero attached hydrogens (tertiary/aromatic N) is 3. The van der Waals surface area contributed by atoms with Crippen LogP contribution >= 0.6 is 12.2 Å². The van der Waals surface area contributed by atoms with E-state index in [0.717, 1.165) is 11.1 Å². The van der Waals surface area contributed by atoms with Crippen molar-refractivity contribution in [3.05, 3.63) is 70.2 Å². The first-order valence-electron chi connectivity index (χ1n) is 11.0. The predicted octanol–water partition coefficient (Wildman–Crippen LogP) is 3.87. The molecule has 1 aliphatic heterocycles. The van der Waals surface area contributed by atoms with Crippen LogP contribution in [0.1, 0.15) is 35.2 Å². The Balaban J connectivity index is 1.30. The predicted molar refractivity (Wildman–Crippen MR) is 126 cm³/mol. The molecule has 4 rings (SSSR count). The van der Waals surface area contributed by atoms with E-state index in [4.69, 9.17) is 12.2 Å². The number of rotatable bonds is 6. The number of hydrogen-bond acceptors (Lipinski definition) is 4. The van der Waals surface area contributed by atoms with E-state index in [1.807, 2.05) is 35.8 Å².